The summed E-state index contributed by atoms with van der Waals surface area (Å²) in [6.45, 7) is 5.54. The molecule has 3 atom stereocenters. The molecule has 0 N–H and O–H groups in total. The molecule has 0 radical (unpaired) electrons. The van der Waals surface area contributed by atoms with Crippen molar-refractivity contribution >= 4 is 0 Å². The van der Waals surface area contributed by atoms with Crippen LogP contribution in [0.3, 0.4) is 0 Å². The third kappa shape index (κ3) is 2.04. The summed E-state index contributed by atoms with van der Waals surface area (Å²) in [5.74, 6) is 2.37. The van der Waals surface area contributed by atoms with Crippen LogP contribution < -0.4 is 9.47 Å². The molecule has 120 valence electrons. The average Bonchev–Trinajstić information content (AvgIpc) is 3.32. The lowest BCUT2D eigenvalue weighted by Crippen LogP contribution is -2.49. The lowest BCUT2D eigenvalue weighted by molar-refractivity contribution is 0.0294. The van der Waals surface area contributed by atoms with Crippen LogP contribution in [-0.4, -0.2) is 44.4 Å². The van der Waals surface area contributed by atoms with Crippen molar-refractivity contribution in [2.75, 3.05) is 33.9 Å². The summed E-state index contributed by atoms with van der Waals surface area (Å²) in [4.78, 5) is 2.65. The second-order valence-corrected chi connectivity index (χ2v) is 6.83. The average molecular weight is 303 g/mol. The van der Waals surface area contributed by atoms with Gasteiger partial charge < -0.3 is 14.2 Å². The highest BCUT2D eigenvalue weighted by atomic mass is 16.6. The molecule has 4 heteroatoms. The Morgan fingerprint density at radius 3 is 2.64 bits per heavy atom. The van der Waals surface area contributed by atoms with E-state index in [1.165, 1.54) is 17.5 Å². The molecule has 0 saturated carbocycles. The van der Waals surface area contributed by atoms with Gasteiger partial charge in [0.05, 0.1) is 26.4 Å². The summed E-state index contributed by atoms with van der Waals surface area (Å²) in [7, 11) is 3.42. The molecule has 3 aliphatic rings. The molecule has 0 bridgehead atoms. The minimum absolute atomic E-state index is 0.150. The molecular weight excluding hydrogens is 278 g/mol. The van der Waals surface area contributed by atoms with E-state index >= 15 is 0 Å². The fourth-order valence-corrected chi connectivity index (χ4v) is 4.43. The predicted octanol–water partition coefficient (Wildman–Crippen LogP) is 2.80. The molecule has 3 aliphatic heterocycles. The minimum atomic E-state index is 0.150. The molecule has 3 heterocycles. The molecule has 1 aromatic carbocycles. The van der Waals surface area contributed by atoms with Crippen molar-refractivity contribution in [1.82, 2.24) is 4.90 Å². The van der Waals surface area contributed by atoms with Gasteiger partial charge in [0, 0.05) is 25.0 Å². The zero-order valence-corrected chi connectivity index (χ0v) is 13.7. The molecule has 0 amide bonds. The van der Waals surface area contributed by atoms with E-state index in [2.05, 4.69) is 24.0 Å². The highest BCUT2D eigenvalue weighted by molar-refractivity contribution is 5.49. The van der Waals surface area contributed by atoms with Crippen molar-refractivity contribution in [3.05, 3.63) is 23.3 Å². The first-order valence-corrected chi connectivity index (χ1v) is 8.33. The van der Waals surface area contributed by atoms with Crippen LogP contribution in [-0.2, 0) is 11.2 Å². The van der Waals surface area contributed by atoms with E-state index in [1.807, 2.05) is 0 Å². The Bertz CT molecular complexity index is 582. The first kappa shape index (κ1) is 14.3. The third-order valence-electron chi connectivity index (χ3n) is 5.86. The number of methoxy groups -OCH3 is 2. The lowest BCUT2D eigenvalue weighted by atomic mass is 9.76. The number of fused-ring (bicyclic) bond motifs is 3. The summed E-state index contributed by atoms with van der Waals surface area (Å²) < 4.78 is 16.9. The summed E-state index contributed by atoms with van der Waals surface area (Å²) in [6, 6.07) is 4.82. The quantitative estimate of drug-likeness (QED) is 0.804. The maximum absolute atomic E-state index is 5.92. The SMILES string of the molecule is CC[C@H]1CN2CCc3cc(OC)c(OC)cc3[C@@H]2C[C@@]12CO2. The number of ether oxygens (including phenoxy) is 3. The second-order valence-electron chi connectivity index (χ2n) is 6.83. The molecule has 1 aromatic rings. The van der Waals surface area contributed by atoms with Crippen LogP contribution in [0.1, 0.15) is 36.9 Å². The normalized spacial score (nSPS) is 33.2. The van der Waals surface area contributed by atoms with Crippen LogP contribution >= 0.6 is 0 Å². The van der Waals surface area contributed by atoms with Gasteiger partial charge in [0.1, 0.15) is 0 Å². The van der Waals surface area contributed by atoms with Crippen molar-refractivity contribution < 1.29 is 14.2 Å². The fourth-order valence-electron chi connectivity index (χ4n) is 4.43. The zero-order valence-electron chi connectivity index (χ0n) is 13.7. The van der Waals surface area contributed by atoms with Gasteiger partial charge in [0.15, 0.2) is 11.5 Å². The number of hydrogen-bond acceptors (Lipinski definition) is 4. The van der Waals surface area contributed by atoms with Gasteiger partial charge in [-0.25, -0.2) is 0 Å². The van der Waals surface area contributed by atoms with Crippen molar-refractivity contribution in [2.45, 2.75) is 37.8 Å². The first-order valence-electron chi connectivity index (χ1n) is 8.33. The summed E-state index contributed by atoms with van der Waals surface area (Å²) in [5, 5.41) is 0. The van der Waals surface area contributed by atoms with Crippen LogP contribution in [0.5, 0.6) is 11.5 Å². The van der Waals surface area contributed by atoms with E-state index in [-0.39, 0.29) is 5.60 Å². The lowest BCUT2D eigenvalue weighted by Gasteiger charge is -2.46. The van der Waals surface area contributed by atoms with Crippen LogP contribution in [0, 0.1) is 5.92 Å². The second kappa shape index (κ2) is 5.14. The molecule has 4 rings (SSSR count). The Hall–Kier alpha value is -1.26. The number of hydrogen-bond donors (Lipinski definition) is 0. The number of piperidine rings is 1. The van der Waals surface area contributed by atoms with Gasteiger partial charge in [-0.3, -0.25) is 4.90 Å². The van der Waals surface area contributed by atoms with Crippen molar-refractivity contribution in [1.29, 1.82) is 0 Å². The third-order valence-corrected chi connectivity index (χ3v) is 5.86. The minimum Gasteiger partial charge on any atom is -0.493 e. The number of benzene rings is 1. The van der Waals surface area contributed by atoms with E-state index in [4.69, 9.17) is 14.2 Å². The Labute approximate surface area is 132 Å². The molecule has 4 nitrogen and oxygen atoms in total. The summed E-state index contributed by atoms with van der Waals surface area (Å²) >= 11 is 0. The van der Waals surface area contributed by atoms with Gasteiger partial charge in [0.25, 0.3) is 0 Å². The van der Waals surface area contributed by atoms with E-state index in [0.717, 1.165) is 44.0 Å². The zero-order chi connectivity index (χ0) is 15.3. The Balaban J connectivity index is 1.71. The highest BCUT2D eigenvalue weighted by Gasteiger charge is 2.56. The van der Waals surface area contributed by atoms with Gasteiger partial charge >= 0.3 is 0 Å². The van der Waals surface area contributed by atoms with Crippen LogP contribution in [0.15, 0.2) is 12.1 Å². The number of nitrogens with zero attached hydrogens (tertiary/aromatic N) is 1. The number of rotatable bonds is 3. The van der Waals surface area contributed by atoms with Gasteiger partial charge in [0.2, 0.25) is 0 Å². The largest absolute Gasteiger partial charge is 0.493 e. The van der Waals surface area contributed by atoms with Crippen LogP contribution in [0.4, 0.5) is 0 Å². The van der Waals surface area contributed by atoms with E-state index < -0.39 is 0 Å². The number of epoxide rings is 1. The molecular formula is C18H25NO3. The topological polar surface area (TPSA) is 34.2 Å². The van der Waals surface area contributed by atoms with Crippen LogP contribution in [0.2, 0.25) is 0 Å². The van der Waals surface area contributed by atoms with E-state index in [0.29, 0.717) is 12.0 Å². The van der Waals surface area contributed by atoms with Crippen molar-refractivity contribution in [3.8, 4) is 11.5 Å². The molecule has 0 aliphatic carbocycles. The summed E-state index contributed by atoms with van der Waals surface area (Å²) in [6.07, 6.45) is 3.42. The monoisotopic (exact) mass is 303 g/mol. The Kier molecular flexibility index (Phi) is 3.35. The molecule has 0 unspecified atom stereocenters. The molecule has 2 fully saturated rings. The van der Waals surface area contributed by atoms with Crippen LogP contribution in [0.25, 0.3) is 0 Å². The van der Waals surface area contributed by atoms with E-state index in [9.17, 15) is 0 Å². The highest BCUT2D eigenvalue weighted by Crippen LogP contribution is 2.52. The smallest absolute Gasteiger partial charge is 0.161 e. The van der Waals surface area contributed by atoms with Gasteiger partial charge in [-0.2, -0.15) is 0 Å². The molecule has 2 saturated heterocycles. The Morgan fingerprint density at radius 1 is 1.27 bits per heavy atom. The van der Waals surface area contributed by atoms with Crippen molar-refractivity contribution in [2.24, 2.45) is 5.92 Å². The maximum Gasteiger partial charge on any atom is 0.161 e. The Morgan fingerprint density at radius 2 is 2.00 bits per heavy atom. The summed E-state index contributed by atoms with van der Waals surface area (Å²) in [5.41, 5.74) is 2.97. The first-order chi connectivity index (χ1) is 10.7. The standard InChI is InChI=1S/C18H25NO3/c1-4-13-10-19-6-5-12-7-16(20-2)17(21-3)8-14(12)15(19)9-18(13)11-22-18/h7-8,13,15H,4-6,9-11H2,1-3H3/t13-,15-,18+/m0/s1. The molecule has 0 aromatic heterocycles. The van der Waals surface area contributed by atoms with Crippen molar-refractivity contribution in [3.63, 3.8) is 0 Å². The molecule has 1 spiro atoms. The van der Waals surface area contributed by atoms with E-state index in [1.54, 1.807) is 14.2 Å². The van der Waals surface area contributed by atoms with Gasteiger partial charge in [-0.1, -0.05) is 6.92 Å². The maximum atomic E-state index is 5.92. The van der Waals surface area contributed by atoms with Gasteiger partial charge in [-0.15, -0.1) is 0 Å². The van der Waals surface area contributed by atoms with Gasteiger partial charge in [-0.05, 0) is 42.5 Å². The predicted molar refractivity (Wildman–Crippen MR) is 84.6 cm³/mol. The fraction of sp³-hybridized carbons (Fsp3) is 0.667. The molecule has 22 heavy (non-hydrogen) atoms.